The van der Waals surface area contributed by atoms with Gasteiger partial charge in [-0.05, 0) is 153 Å². The average molecular weight is 1710 g/mol. The van der Waals surface area contributed by atoms with E-state index in [0.717, 1.165) is 111 Å². The Morgan fingerprint density at radius 2 is 0.467 bits per heavy atom. The molecule has 0 spiro atoms. The summed E-state index contributed by atoms with van der Waals surface area (Å²) in [7, 11) is 18.4. The zero-order valence-electron chi connectivity index (χ0n) is 54.4. The molecule has 0 saturated heterocycles. The van der Waals surface area contributed by atoms with Gasteiger partial charge in [-0.15, -0.1) is 0 Å². The Balaban J connectivity index is -0.000000183. The molecule has 0 N–H and O–H groups in total. The standard InChI is InChI=1S/2C25H39N3O4.2C2H4O2.2Dy.4NO3.2Zn/c2*1-18-12-20(24(29)22(14-18)31-6)16-27(4)10-8-26(3)9-11-28(5)17-21-13-19(2)15-23(32-7)25(21)30;2*1-2(3)4;;;4*2-1(3)4;;/h2*12-15,29-30H,8-11,16-17H2,1-7H3;2*1H3,(H,3,4);;;;;;;;/q;;;;2*+3;4*-1;2*+2/p-6. The first-order chi connectivity index (χ1) is 40.7. The fraction of sp³-hybridized carbons (Fsp3) is 0.519. The van der Waals surface area contributed by atoms with Crippen molar-refractivity contribution in [1.29, 1.82) is 0 Å². The number of carboxylic acid groups (broad SMARTS) is 2. The van der Waals surface area contributed by atoms with Crippen molar-refractivity contribution in [3.63, 3.8) is 0 Å². The average Bonchev–Trinajstić information content (AvgIpc) is 1.34. The van der Waals surface area contributed by atoms with Crippen molar-refractivity contribution in [3.8, 4) is 46.0 Å². The van der Waals surface area contributed by atoms with Gasteiger partial charge in [-0.2, -0.15) is 0 Å². The number of hydrogen-bond donors (Lipinski definition) is 0. The second-order valence-corrected chi connectivity index (χ2v) is 19.3. The number of likely N-dealkylation sites (N-methyl/N-ethyl adjacent to an activating group) is 6. The van der Waals surface area contributed by atoms with Crippen LogP contribution in [0.5, 0.6) is 46.0 Å². The van der Waals surface area contributed by atoms with E-state index in [9.17, 15) is 20.4 Å². The Morgan fingerprint density at radius 1 is 0.348 bits per heavy atom. The van der Waals surface area contributed by atoms with Crippen molar-refractivity contribution in [2.24, 2.45) is 0 Å². The number of nitrogens with zero attached hydrogens (tertiary/aromatic N) is 10. The van der Waals surface area contributed by atoms with E-state index in [1.54, 1.807) is 24.3 Å². The molecule has 0 unspecified atom stereocenters. The molecule has 92 heavy (non-hydrogen) atoms. The Bertz CT molecular complexity index is 2350. The number of carboxylic acids is 2. The van der Waals surface area contributed by atoms with E-state index >= 15 is 0 Å². The molecule has 34 nitrogen and oxygen atoms in total. The first kappa shape index (κ1) is 103. The summed E-state index contributed by atoms with van der Waals surface area (Å²) in [4.78, 5) is 63.9. The van der Waals surface area contributed by atoms with Crippen molar-refractivity contribution in [2.45, 2.75) is 67.7 Å². The number of benzene rings is 4. The molecule has 0 aliphatic carbocycles. The van der Waals surface area contributed by atoms with Gasteiger partial charge in [0.05, 0.1) is 48.8 Å². The molecule has 0 saturated carbocycles. The summed E-state index contributed by atoms with van der Waals surface area (Å²) in [5.74, 6) is -0.698. The summed E-state index contributed by atoms with van der Waals surface area (Å²) in [6.45, 7) is 19.1. The molecule has 0 aromatic heterocycles. The summed E-state index contributed by atoms with van der Waals surface area (Å²) in [5.41, 5.74) is 7.13. The molecule has 4 rings (SSSR count). The van der Waals surface area contributed by atoms with Crippen LogP contribution < -0.4 is 49.6 Å². The van der Waals surface area contributed by atoms with Crippen LogP contribution in [-0.4, -0.2) is 185 Å². The molecule has 0 bridgehead atoms. The monoisotopic (exact) mass is 1710 g/mol. The number of aryl methyl sites for hydroxylation is 4. The van der Waals surface area contributed by atoms with Gasteiger partial charge in [-0.1, -0.05) is 47.3 Å². The molecular weight excluding hydrogens is 1630 g/mol. The third-order valence-electron chi connectivity index (χ3n) is 11.2. The summed E-state index contributed by atoms with van der Waals surface area (Å²) >= 11 is 0. The smallest absolute Gasteiger partial charge is 0.870 e. The maximum absolute atomic E-state index is 12.4. The molecule has 0 atom stereocenters. The first-order valence-electron chi connectivity index (χ1n) is 25.8. The van der Waals surface area contributed by atoms with Gasteiger partial charge in [0.2, 0.25) is 0 Å². The zero-order valence-corrected chi connectivity index (χ0v) is 64.4. The van der Waals surface area contributed by atoms with Crippen molar-refractivity contribution in [2.75, 3.05) is 123 Å². The van der Waals surface area contributed by atoms with E-state index < -0.39 is 32.3 Å². The van der Waals surface area contributed by atoms with Crippen LogP contribution in [-0.2, 0) is 74.7 Å². The largest absolute Gasteiger partial charge is 3.00 e. The maximum atomic E-state index is 12.4. The van der Waals surface area contributed by atoms with Crippen LogP contribution in [0.15, 0.2) is 48.5 Å². The third kappa shape index (κ3) is 56.1. The van der Waals surface area contributed by atoms with Crippen LogP contribution in [0.2, 0.25) is 0 Å². The SMILES string of the molecule is CC(=O)[O-].CC(=O)[O-].COc1cc(C)cc(CN(C)CCN(C)CCN(C)Cc2cc(C)cc(OC)c2[O-])c1[O-].COc1cc(C)cc(CN(C)CCN(C)CCN(C)Cc2cc(C)cc(OC)c2[O-])c1[O-].O=[N+]([O-])[O-].O=[N+]([O-])[O-].O=[N+]([O-])[O-].O=[N+]([O-])[O-].[Dy+3].[Dy+3].[Zn+2].[Zn+2]. The van der Waals surface area contributed by atoms with Gasteiger partial charge in [0.25, 0.3) is 0 Å². The molecular formula is C54H80Dy2N10O24Zn2. The fourth-order valence-electron chi connectivity index (χ4n) is 7.40. The van der Waals surface area contributed by atoms with Gasteiger partial charge >= 0.3 is 115 Å². The van der Waals surface area contributed by atoms with Crippen molar-refractivity contribution < 1.29 is 195 Å². The number of hydrogen-bond acceptors (Lipinski definition) is 30. The van der Waals surface area contributed by atoms with E-state index in [2.05, 4.69) is 43.5 Å². The number of carbonyl (C=O) groups is 2. The van der Waals surface area contributed by atoms with E-state index in [1.165, 1.54) is 28.4 Å². The predicted molar refractivity (Wildman–Crippen MR) is 312 cm³/mol. The molecule has 0 aliphatic rings. The minimum absolute atomic E-state index is 0. The van der Waals surface area contributed by atoms with E-state index in [-0.39, 0.29) is 138 Å². The molecule has 0 aliphatic heterocycles. The van der Waals surface area contributed by atoms with Crippen molar-refractivity contribution in [3.05, 3.63) is 154 Å². The number of carbonyl (C=O) groups excluding carboxylic acids is 2. The van der Waals surface area contributed by atoms with Crippen molar-refractivity contribution >= 4 is 11.9 Å². The molecule has 4 aromatic carbocycles. The minimum Gasteiger partial charge on any atom is -0.870 e. The summed E-state index contributed by atoms with van der Waals surface area (Å²) < 4.78 is 20.8. The molecule has 0 fully saturated rings. The van der Waals surface area contributed by atoms with Crippen molar-refractivity contribution in [1.82, 2.24) is 29.4 Å². The van der Waals surface area contributed by atoms with Gasteiger partial charge in [0, 0.05) is 90.5 Å². The quantitative estimate of drug-likeness (QED) is 0.0523. The zero-order chi connectivity index (χ0) is 69.1. The number of aliphatic carboxylic acids is 2. The number of rotatable bonds is 24. The molecule has 0 heterocycles. The topological polar surface area (TPSA) is 494 Å². The minimum atomic E-state index is -1.75. The Kier molecular flexibility index (Phi) is 64.9. The van der Waals surface area contributed by atoms with Gasteiger partial charge in [0.1, 0.15) is 23.0 Å². The molecule has 38 heteroatoms. The summed E-state index contributed by atoms with van der Waals surface area (Å²) in [5, 5.41) is 127. The molecule has 514 valence electrons. The van der Waals surface area contributed by atoms with E-state index in [0.29, 0.717) is 49.2 Å². The summed E-state index contributed by atoms with van der Waals surface area (Å²) in [6.07, 6.45) is 0. The van der Waals surface area contributed by atoms with Gasteiger partial charge in [-0.3, -0.25) is 0 Å². The van der Waals surface area contributed by atoms with Crippen LogP contribution >= 0.6 is 0 Å². The van der Waals surface area contributed by atoms with E-state index in [4.69, 9.17) is 100 Å². The number of ether oxygens (including phenoxy) is 4. The van der Waals surface area contributed by atoms with Crippen LogP contribution in [0, 0.1) is 165 Å². The third-order valence-corrected chi connectivity index (χ3v) is 11.2. The number of methoxy groups -OCH3 is 4. The van der Waals surface area contributed by atoms with Gasteiger partial charge in [-0.25, -0.2) is 0 Å². The van der Waals surface area contributed by atoms with Crippen LogP contribution in [0.1, 0.15) is 58.4 Å². The predicted octanol–water partition coefficient (Wildman–Crippen LogP) is 0.478. The van der Waals surface area contributed by atoms with Gasteiger partial charge in [0.15, 0.2) is 0 Å². The molecule has 4 aromatic rings. The Morgan fingerprint density at radius 3 is 0.587 bits per heavy atom. The van der Waals surface area contributed by atoms with Crippen LogP contribution in [0.25, 0.3) is 0 Å². The molecule has 0 amide bonds. The Hall–Kier alpha value is -5.43. The first-order valence-corrected chi connectivity index (χ1v) is 25.8. The van der Waals surface area contributed by atoms with Crippen LogP contribution in [0.4, 0.5) is 0 Å². The second kappa shape index (κ2) is 58.2. The van der Waals surface area contributed by atoms with E-state index in [1.807, 2.05) is 80.2 Å². The fourth-order valence-corrected chi connectivity index (χ4v) is 7.40. The Labute approximate surface area is 621 Å². The van der Waals surface area contributed by atoms with Crippen LogP contribution in [0.3, 0.4) is 0 Å². The normalized spacial score (nSPS) is 9.63. The van der Waals surface area contributed by atoms with Gasteiger partial charge < -0.3 is 150 Å². The molecule has 2 radical (unpaired) electrons. The second-order valence-electron chi connectivity index (χ2n) is 19.3. The summed E-state index contributed by atoms with van der Waals surface area (Å²) in [6, 6.07) is 14.8. The maximum Gasteiger partial charge on any atom is 3.00 e.